The molecule has 1 amide bonds. The van der Waals surface area contributed by atoms with Crippen molar-refractivity contribution in [2.45, 2.75) is 32.8 Å². The van der Waals surface area contributed by atoms with E-state index in [-0.39, 0.29) is 11.4 Å². The SMILES string of the molecule is CC(C)(C)OC(=O)NCCCNc1cc([N+](=O)[O-])ccc1F. The van der Waals surface area contributed by atoms with Crippen LogP contribution in [0.1, 0.15) is 27.2 Å². The zero-order valence-corrected chi connectivity index (χ0v) is 12.8. The maximum Gasteiger partial charge on any atom is 0.407 e. The van der Waals surface area contributed by atoms with Gasteiger partial charge in [0, 0.05) is 25.2 Å². The van der Waals surface area contributed by atoms with Crippen LogP contribution in [0.15, 0.2) is 18.2 Å². The Hall–Kier alpha value is -2.38. The second kappa shape index (κ2) is 7.58. The first kappa shape index (κ1) is 17.7. The summed E-state index contributed by atoms with van der Waals surface area (Å²) in [6.45, 7) is 5.99. The number of carbonyl (C=O) groups excluding carboxylic acids is 1. The van der Waals surface area contributed by atoms with Crippen molar-refractivity contribution in [1.29, 1.82) is 0 Å². The highest BCUT2D eigenvalue weighted by molar-refractivity contribution is 5.67. The normalized spacial score (nSPS) is 10.9. The Bertz CT molecular complexity index is 543. The molecule has 1 rings (SSSR count). The number of halogens is 1. The van der Waals surface area contributed by atoms with E-state index in [9.17, 15) is 19.3 Å². The standard InChI is InChI=1S/C14H20FN3O4/c1-14(2,3)22-13(19)17-8-4-7-16-12-9-10(18(20)21)5-6-11(12)15/h5-6,9,16H,4,7-8H2,1-3H3,(H,17,19). The Labute approximate surface area is 128 Å². The van der Waals surface area contributed by atoms with E-state index in [1.165, 1.54) is 0 Å². The first-order chi connectivity index (χ1) is 10.2. The summed E-state index contributed by atoms with van der Waals surface area (Å²) in [4.78, 5) is 21.4. The summed E-state index contributed by atoms with van der Waals surface area (Å²) in [5.41, 5.74) is -0.684. The molecule has 0 aliphatic rings. The van der Waals surface area contributed by atoms with Crippen LogP contribution >= 0.6 is 0 Å². The minimum absolute atomic E-state index is 0.0615. The monoisotopic (exact) mass is 313 g/mol. The van der Waals surface area contributed by atoms with Crippen molar-refractivity contribution in [1.82, 2.24) is 5.32 Å². The second-order valence-corrected chi connectivity index (χ2v) is 5.63. The summed E-state index contributed by atoms with van der Waals surface area (Å²) in [5.74, 6) is -0.564. The molecular formula is C14H20FN3O4. The summed E-state index contributed by atoms with van der Waals surface area (Å²) >= 11 is 0. The van der Waals surface area contributed by atoms with Gasteiger partial charge in [-0.15, -0.1) is 0 Å². The van der Waals surface area contributed by atoms with Crippen LogP contribution < -0.4 is 10.6 Å². The number of ether oxygens (including phenoxy) is 1. The van der Waals surface area contributed by atoms with Gasteiger partial charge in [0.05, 0.1) is 10.6 Å². The average Bonchev–Trinajstić information content (AvgIpc) is 2.37. The van der Waals surface area contributed by atoms with Gasteiger partial charge in [0.2, 0.25) is 0 Å². The van der Waals surface area contributed by atoms with E-state index in [0.717, 1.165) is 18.2 Å². The molecule has 1 aromatic rings. The number of carbonyl (C=O) groups is 1. The van der Waals surface area contributed by atoms with E-state index in [2.05, 4.69) is 10.6 Å². The van der Waals surface area contributed by atoms with E-state index in [1.54, 1.807) is 20.8 Å². The molecule has 0 radical (unpaired) electrons. The van der Waals surface area contributed by atoms with Gasteiger partial charge in [-0.05, 0) is 33.3 Å². The van der Waals surface area contributed by atoms with Gasteiger partial charge in [0.1, 0.15) is 11.4 Å². The minimum atomic E-state index is -0.589. The number of anilines is 1. The second-order valence-electron chi connectivity index (χ2n) is 5.63. The lowest BCUT2D eigenvalue weighted by Gasteiger charge is -2.19. The number of nitrogens with zero attached hydrogens (tertiary/aromatic N) is 1. The van der Waals surface area contributed by atoms with Gasteiger partial charge in [-0.1, -0.05) is 0 Å². The lowest BCUT2D eigenvalue weighted by Crippen LogP contribution is -2.33. The number of hydrogen-bond acceptors (Lipinski definition) is 5. The van der Waals surface area contributed by atoms with Gasteiger partial charge >= 0.3 is 6.09 Å². The maximum atomic E-state index is 13.5. The lowest BCUT2D eigenvalue weighted by atomic mass is 10.2. The van der Waals surface area contributed by atoms with E-state index in [4.69, 9.17) is 4.74 Å². The maximum absolute atomic E-state index is 13.5. The predicted octanol–water partition coefficient (Wildman–Crippen LogP) is 3.06. The van der Waals surface area contributed by atoms with Crippen molar-refractivity contribution < 1.29 is 18.8 Å². The molecule has 122 valence electrons. The Balaban J connectivity index is 2.35. The number of benzene rings is 1. The van der Waals surface area contributed by atoms with Gasteiger partial charge in [0.15, 0.2) is 0 Å². The summed E-state index contributed by atoms with van der Waals surface area (Å²) in [6, 6.07) is 3.28. The van der Waals surface area contributed by atoms with Crippen molar-refractivity contribution in [3.8, 4) is 0 Å². The van der Waals surface area contributed by atoms with Crippen molar-refractivity contribution in [2.24, 2.45) is 0 Å². The zero-order valence-electron chi connectivity index (χ0n) is 12.8. The van der Waals surface area contributed by atoms with Gasteiger partial charge in [-0.3, -0.25) is 10.1 Å². The average molecular weight is 313 g/mol. The van der Waals surface area contributed by atoms with Crippen molar-refractivity contribution in [3.05, 3.63) is 34.1 Å². The van der Waals surface area contributed by atoms with Crippen LogP contribution in [0.4, 0.5) is 20.6 Å². The summed E-state index contributed by atoms with van der Waals surface area (Å²) < 4.78 is 18.5. The van der Waals surface area contributed by atoms with Crippen LogP contribution in [-0.4, -0.2) is 29.7 Å². The summed E-state index contributed by atoms with van der Waals surface area (Å²) in [6.07, 6.45) is -0.00416. The van der Waals surface area contributed by atoms with E-state index in [0.29, 0.717) is 19.5 Å². The molecule has 8 heteroatoms. The van der Waals surface area contributed by atoms with Crippen LogP contribution in [0, 0.1) is 15.9 Å². The van der Waals surface area contributed by atoms with Crippen molar-refractivity contribution >= 4 is 17.5 Å². The lowest BCUT2D eigenvalue weighted by molar-refractivity contribution is -0.384. The van der Waals surface area contributed by atoms with E-state index < -0.39 is 22.4 Å². The Morgan fingerprint density at radius 2 is 2.05 bits per heavy atom. The molecule has 1 aromatic carbocycles. The minimum Gasteiger partial charge on any atom is -0.444 e. The largest absolute Gasteiger partial charge is 0.444 e. The van der Waals surface area contributed by atoms with Gasteiger partial charge < -0.3 is 15.4 Å². The van der Waals surface area contributed by atoms with Crippen LogP contribution in [0.5, 0.6) is 0 Å². The highest BCUT2D eigenvalue weighted by Crippen LogP contribution is 2.20. The van der Waals surface area contributed by atoms with Crippen molar-refractivity contribution in [3.63, 3.8) is 0 Å². The topological polar surface area (TPSA) is 93.5 Å². The quantitative estimate of drug-likeness (QED) is 0.478. The molecule has 7 nitrogen and oxygen atoms in total. The van der Waals surface area contributed by atoms with Crippen LogP contribution in [-0.2, 0) is 4.74 Å². The fourth-order valence-electron chi connectivity index (χ4n) is 1.58. The number of alkyl carbamates (subject to hydrolysis) is 1. The fourth-order valence-corrected chi connectivity index (χ4v) is 1.58. The molecular weight excluding hydrogens is 293 g/mol. The molecule has 0 unspecified atom stereocenters. The molecule has 2 N–H and O–H groups in total. The predicted molar refractivity (Wildman–Crippen MR) is 80.4 cm³/mol. The zero-order chi connectivity index (χ0) is 16.8. The third-order valence-electron chi connectivity index (χ3n) is 2.50. The Kier molecular flexibility index (Phi) is 6.09. The highest BCUT2D eigenvalue weighted by atomic mass is 19.1. The Morgan fingerprint density at radius 3 is 2.64 bits per heavy atom. The summed E-state index contributed by atoms with van der Waals surface area (Å²) in [5, 5.41) is 15.9. The molecule has 0 saturated heterocycles. The molecule has 22 heavy (non-hydrogen) atoms. The molecule has 0 heterocycles. The number of nitro groups is 1. The summed E-state index contributed by atoms with van der Waals surface area (Å²) in [7, 11) is 0. The van der Waals surface area contributed by atoms with Crippen LogP contribution in [0.2, 0.25) is 0 Å². The molecule has 0 aromatic heterocycles. The fraction of sp³-hybridized carbons (Fsp3) is 0.500. The van der Waals surface area contributed by atoms with Crippen LogP contribution in [0.25, 0.3) is 0 Å². The molecule has 0 aliphatic carbocycles. The van der Waals surface area contributed by atoms with E-state index in [1.807, 2.05) is 0 Å². The molecule has 0 aliphatic heterocycles. The molecule has 0 fully saturated rings. The number of nitro benzene ring substituents is 1. The third-order valence-corrected chi connectivity index (χ3v) is 2.50. The number of non-ortho nitro benzene ring substituents is 1. The number of nitrogens with one attached hydrogen (secondary N) is 2. The Morgan fingerprint density at radius 1 is 1.36 bits per heavy atom. The van der Waals surface area contributed by atoms with Gasteiger partial charge in [0.25, 0.3) is 5.69 Å². The number of amides is 1. The van der Waals surface area contributed by atoms with Crippen LogP contribution in [0.3, 0.4) is 0 Å². The smallest absolute Gasteiger partial charge is 0.407 e. The third kappa shape index (κ3) is 6.38. The molecule has 0 spiro atoms. The van der Waals surface area contributed by atoms with Crippen molar-refractivity contribution in [2.75, 3.05) is 18.4 Å². The molecule has 0 atom stereocenters. The molecule has 0 bridgehead atoms. The number of hydrogen-bond donors (Lipinski definition) is 2. The number of rotatable bonds is 6. The van der Waals surface area contributed by atoms with E-state index >= 15 is 0 Å². The van der Waals surface area contributed by atoms with Gasteiger partial charge in [-0.2, -0.15) is 0 Å². The first-order valence-corrected chi connectivity index (χ1v) is 6.84. The first-order valence-electron chi connectivity index (χ1n) is 6.84. The highest BCUT2D eigenvalue weighted by Gasteiger charge is 2.15. The molecule has 0 saturated carbocycles. The van der Waals surface area contributed by atoms with Gasteiger partial charge in [-0.25, -0.2) is 9.18 Å².